The average Bonchev–Trinajstić information content (AvgIpc) is 3.34. The van der Waals surface area contributed by atoms with Gasteiger partial charge >= 0.3 is 6.09 Å². The standard InChI is InChI=1S/C22H24N4O5/c1-10-5-4-6-12(7-10)24-16-11(2)18(27)17-15(19(16)28)13(9-31-21(23)29)22(30-3)20-14(25-20)8-26(17)22/h4-7,13-14,20,24-25H,8-9H2,1-3H3,(H2,23,29)/t13-,14+,20+,22?/m0/s1. The SMILES string of the molecule is COC12[C@@H]3N[C@@H]3CN1C1=C(C(=O)C(Nc3cccc(C)c3)=C(C)C1=O)[C@@H]2COC(N)=O. The summed E-state index contributed by atoms with van der Waals surface area (Å²) in [6.07, 6.45) is -0.940. The highest BCUT2D eigenvalue weighted by Crippen LogP contribution is 2.55. The second-order valence-electron chi connectivity index (χ2n) is 8.42. The highest BCUT2D eigenvalue weighted by molar-refractivity contribution is 6.26. The third-order valence-electron chi connectivity index (χ3n) is 6.72. The summed E-state index contributed by atoms with van der Waals surface area (Å²) in [5, 5.41) is 6.48. The number of hydrogen-bond acceptors (Lipinski definition) is 8. The van der Waals surface area contributed by atoms with Gasteiger partial charge in [0.05, 0.1) is 23.4 Å². The number of allylic oxidation sites excluding steroid dienone is 2. The van der Waals surface area contributed by atoms with Crippen LogP contribution in [0, 0.1) is 12.8 Å². The van der Waals surface area contributed by atoms with Crippen LogP contribution in [0.4, 0.5) is 10.5 Å². The van der Waals surface area contributed by atoms with Crippen LogP contribution in [-0.4, -0.2) is 60.6 Å². The van der Waals surface area contributed by atoms with Crippen LogP contribution in [0.15, 0.2) is 46.8 Å². The maximum atomic E-state index is 13.7. The van der Waals surface area contributed by atoms with Crippen molar-refractivity contribution in [3.05, 3.63) is 52.4 Å². The van der Waals surface area contributed by atoms with Crippen LogP contribution in [0.2, 0.25) is 0 Å². The molecule has 0 aromatic heterocycles. The lowest BCUT2D eigenvalue weighted by Gasteiger charge is -2.39. The van der Waals surface area contributed by atoms with E-state index >= 15 is 0 Å². The first-order valence-electron chi connectivity index (χ1n) is 10.2. The van der Waals surface area contributed by atoms with E-state index in [0.29, 0.717) is 29.1 Å². The molecule has 0 radical (unpaired) electrons. The Morgan fingerprint density at radius 1 is 1.32 bits per heavy atom. The predicted molar refractivity (Wildman–Crippen MR) is 111 cm³/mol. The molecule has 162 valence electrons. The summed E-state index contributed by atoms with van der Waals surface area (Å²) in [6.45, 7) is 3.99. The summed E-state index contributed by atoms with van der Waals surface area (Å²) in [6, 6.07) is 7.65. The normalized spacial score (nSPS) is 30.9. The Morgan fingerprint density at radius 2 is 2.10 bits per heavy atom. The monoisotopic (exact) mass is 424 g/mol. The fraction of sp³-hybridized carbons (Fsp3) is 0.409. The molecule has 1 aliphatic carbocycles. The lowest BCUT2D eigenvalue weighted by Crippen LogP contribution is -2.55. The van der Waals surface area contributed by atoms with Crippen LogP contribution in [-0.2, 0) is 19.1 Å². The number of hydrogen-bond donors (Lipinski definition) is 3. The minimum Gasteiger partial charge on any atom is -0.449 e. The molecule has 31 heavy (non-hydrogen) atoms. The molecule has 9 heteroatoms. The Kier molecular flexibility index (Phi) is 4.25. The second-order valence-corrected chi connectivity index (χ2v) is 8.42. The Labute approximate surface area is 179 Å². The van der Waals surface area contributed by atoms with Gasteiger partial charge in [0.15, 0.2) is 5.72 Å². The lowest BCUT2D eigenvalue weighted by atomic mass is 9.82. The highest BCUT2D eigenvalue weighted by Gasteiger charge is 2.72. The third kappa shape index (κ3) is 2.66. The molecule has 1 amide bonds. The van der Waals surface area contributed by atoms with E-state index in [0.717, 1.165) is 5.56 Å². The van der Waals surface area contributed by atoms with E-state index in [2.05, 4.69) is 10.6 Å². The predicted octanol–water partition coefficient (Wildman–Crippen LogP) is 0.811. The highest BCUT2D eigenvalue weighted by atomic mass is 16.6. The summed E-state index contributed by atoms with van der Waals surface area (Å²) in [5.41, 5.74) is 7.20. The maximum Gasteiger partial charge on any atom is 0.404 e. The first-order valence-corrected chi connectivity index (χ1v) is 10.2. The Balaban J connectivity index is 1.57. The van der Waals surface area contributed by atoms with Crippen molar-refractivity contribution in [2.75, 3.05) is 25.6 Å². The van der Waals surface area contributed by atoms with Crippen molar-refractivity contribution in [3.8, 4) is 0 Å². The number of piperazine rings is 1. The van der Waals surface area contributed by atoms with E-state index in [-0.39, 0.29) is 36.0 Å². The van der Waals surface area contributed by atoms with Gasteiger partial charge in [0.1, 0.15) is 6.61 Å². The Hall–Kier alpha value is -3.17. The van der Waals surface area contributed by atoms with Gasteiger partial charge in [-0.15, -0.1) is 0 Å². The molecule has 0 saturated carbocycles. The van der Waals surface area contributed by atoms with Gasteiger partial charge in [0.25, 0.3) is 0 Å². The first-order chi connectivity index (χ1) is 14.8. The van der Waals surface area contributed by atoms with Crippen molar-refractivity contribution < 1.29 is 23.9 Å². The van der Waals surface area contributed by atoms with Crippen molar-refractivity contribution >= 4 is 23.3 Å². The molecule has 1 aromatic carbocycles. The number of nitrogens with two attached hydrogens (primary N) is 1. The molecular formula is C22H24N4O5. The number of ether oxygens (including phenoxy) is 2. The van der Waals surface area contributed by atoms with Crippen LogP contribution >= 0.6 is 0 Å². The number of nitrogens with one attached hydrogen (secondary N) is 2. The number of nitrogens with zero attached hydrogens (tertiary/aromatic N) is 1. The fourth-order valence-corrected chi connectivity index (χ4v) is 5.31. The number of fused-ring (bicyclic) bond motifs is 4. The summed E-state index contributed by atoms with van der Waals surface area (Å²) in [5.74, 6) is -1.17. The number of primary amides is 1. The first kappa shape index (κ1) is 19.8. The quantitative estimate of drug-likeness (QED) is 0.467. The molecule has 4 N–H and O–H groups in total. The van der Waals surface area contributed by atoms with Gasteiger partial charge in [0.2, 0.25) is 11.6 Å². The van der Waals surface area contributed by atoms with E-state index in [1.165, 1.54) is 0 Å². The number of carbonyl (C=O) groups is 3. The molecule has 0 bridgehead atoms. The zero-order valence-corrected chi connectivity index (χ0v) is 17.5. The van der Waals surface area contributed by atoms with Crippen LogP contribution in [0.25, 0.3) is 0 Å². The van der Waals surface area contributed by atoms with Crippen LogP contribution in [0.1, 0.15) is 12.5 Å². The van der Waals surface area contributed by atoms with Crippen LogP contribution < -0.4 is 16.4 Å². The van der Waals surface area contributed by atoms with Gasteiger partial charge in [-0.25, -0.2) is 4.79 Å². The smallest absolute Gasteiger partial charge is 0.404 e. The van der Waals surface area contributed by atoms with Gasteiger partial charge in [0, 0.05) is 36.5 Å². The molecule has 0 spiro atoms. The summed E-state index contributed by atoms with van der Waals surface area (Å²) >= 11 is 0. The van der Waals surface area contributed by atoms with E-state index in [1.54, 1.807) is 14.0 Å². The topological polar surface area (TPSA) is 133 Å². The molecule has 4 atom stereocenters. The molecule has 1 aromatic rings. The molecule has 1 unspecified atom stereocenters. The average molecular weight is 424 g/mol. The van der Waals surface area contributed by atoms with Gasteiger partial charge in [-0.1, -0.05) is 12.1 Å². The van der Waals surface area contributed by atoms with Gasteiger partial charge in [-0.05, 0) is 31.5 Å². The largest absolute Gasteiger partial charge is 0.449 e. The summed E-state index contributed by atoms with van der Waals surface area (Å²) < 4.78 is 11.1. The number of benzene rings is 1. The van der Waals surface area contributed by atoms with Crippen LogP contribution in [0.3, 0.4) is 0 Å². The van der Waals surface area contributed by atoms with E-state index in [9.17, 15) is 14.4 Å². The molecular weight excluding hydrogens is 400 g/mol. The summed E-state index contributed by atoms with van der Waals surface area (Å²) in [7, 11) is 1.55. The van der Waals surface area contributed by atoms with Gasteiger partial charge in [-0.2, -0.15) is 0 Å². The molecule has 3 heterocycles. The van der Waals surface area contributed by atoms with Crippen molar-refractivity contribution in [1.29, 1.82) is 0 Å². The number of rotatable bonds is 5. The van der Waals surface area contributed by atoms with Crippen LogP contribution in [0.5, 0.6) is 0 Å². The van der Waals surface area contributed by atoms with Crippen molar-refractivity contribution in [2.24, 2.45) is 11.7 Å². The fourth-order valence-electron chi connectivity index (χ4n) is 5.31. The number of methoxy groups -OCH3 is 1. The van der Waals surface area contributed by atoms with E-state index in [4.69, 9.17) is 15.2 Å². The Bertz CT molecular complexity index is 1090. The Morgan fingerprint density at radius 3 is 2.77 bits per heavy atom. The lowest BCUT2D eigenvalue weighted by molar-refractivity contribution is -0.137. The molecule has 3 aliphatic heterocycles. The zero-order valence-electron chi connectivity index (χ0n) is 17.5. The third-order valence-corrected chi connectivity index (χ3v) is 6.72. The maximum absolute atomic E-state index is 13.7. The van der Waals surface area contributed by atoms with E-state index < -0.39 is 17.7 Å². The van der Waals surface area contributed by atoms with Crippen molar-refractivity contribution in [1.82, 2.24) is 10.2 Å². The zero-order chi connectivity index (χ0) is 22.1. The number of aryl methyl sites for hydroxylation is 1. The van der Waals surface area contributed by atoms with Crippen molar-refractivity contribution in [2.45, 2.75) is 31.7 Å². The van der Waals surface area contributed by atoms with Gasteiger partial charge < -0.3 is 30.7 Å². The number of ketones is 2. The summed E-state index contributed by atoms with van der Waals surface area (Å²) in [4.78, 5) is 40.4. The molecule has 5 rings (SSSR count). The molecule has 2 saturated heterocycles. The number of amides is 1. The van der Waals surface area contributed by atoms with E-state index in [1.807, 2.05) is 36.1 Å². The van der Waals surface area contributed by atoms with Gasteiger partial charge in [-0.3, -0.25) is 9.59 Å². The molecule has 2 fully saturated rings. The second kappa shape index (κ2) is 6.66. The van der Waals surface area contributed by atoms with Crippen molar-refractivity contribution in [3.63, 3.8) is 0 Å². The number of Topliss-reactive ketones (excluding diaryl/α,β-unsaturated/α-hetero) is 2. The minimum atomic E-state index is -0.977. The number of anilines is 1. The molecule has 9 nitrogen and oxygen atoms in total. The molecule has 4 aliphatic rings. The minimum absolute atomic E-state index is 0.0707. The number of carbonyl (C=O) groups excluding carboxylic acids is 3.